The van der Waals surface area contributed by atoms with Gasteiger partial charge in [0.2, 0.25) is 0 Å². The zero-order valence-corrected chi connectivity index (χ0v) is 33.5. The zero-order valence-electron chi connectivity index (χ0n) is 31.9. The van der Waals surface area contributed by atoms with Crippen LogP contribution in [0.15, 0.2) is 91.0 Å². The van der Waals surface area contributed by atoms with Crippen molar-refractivity contribution >= 4 is 98.7 Å². The summed E-state index contributed by atoms with van der Waals surface area (Å²) in [5.41, 5.74) is 10.9. The third kappa shape index (κ3) is 4.98. The number of nitrogens with zero attached hydrogens (tertiary/aromatic N) is 2. The van der Waals surface area contributed by atoms with Crippen LogP contribution in [0, 0.1) is 0 Å². The van der Waals surface area contributed by atoms with Crippen LogP contribution in [0.25, 0.3) is 20.2 Å². The number of thiophene rings is 2. The largest absolute Gasteiger partial charge is 0.486 e. The number of hydrogen-bond donors (Lipinski definition) is 0. The Kier molecular flexibility index (Phi) is 7.07. The van der Waals surface area contributed by atoms with Crippen LogP contribution >= 0.6 is 22.7 Å². The van der Waals surface area contributed by atoms with E-state index in [-0.39, 0.29) is 17.5 Å². The Bertz CT molecular complexity index is 2560. The van der Waals surface area contributed by atoms with E-state index in [1.807, 2.05) is 22.7 Å². The van der Waals surface area contributed by atoms with Crippen molar-refractivity contribution in [3.63, 3.8) is 0 Å². The predicted molar refractivity (Wildman–Crippen MR) is 231 cm³/mol. The van der Waals surface area contributed by atoms with E-state index in [2.05, 4.69) is 142 Å². The summed E-state index contributed by atoms with van der Waals surface area (Å²) >= 11 is 3.87. The molecule has 6 heterocycles. The summed E-state index contributed by atoms with van der Waals surface area (Å²) in [6.07, 6.45) is 0. The first-order chi connectivity index (χ1) is 26.5. The van der Waals surface area contributed by atoms with Crippen molar-refractivity contribution < 1.29 is 18.9 Å². The van der Waals surface area contributed by atoms with Gasteiger partial charge in [0.1, 0.15) is 26.4 Å². The number of rotatable bonds is 2. The molecule has 0 bridgehead atoms. The summed E-state index contributed by atoms with van der Waals surface area (Å²) < 4.78 is 29.7. The third-order valence-corrected chi connectivity index (χ3v) is 13.9. The van der Waals surface area contributed by atoms with Gasteiger partial charge in [0.25, 0.3) is 6.71 Å². The maximum absolute atomic E-state index is 6.20. The molecule has 0 radical (unpaired) electrons. The molecule has 0 atom stereocenters. The van der Waals surface area contributed by atoms with Crippen LogP contribution in [0.1, 0.15) is 52.7 Å². The minimum absolute atomic E-state index is 0.00294. The third-order valence-electron chi connectivity index (χ3n) is 11.5. The Hall–Kier alpha value is -5.12. The lowest BCUT2D eigenvalue weighted by molar-refractivity contribution is 0.171. The smallest absolute Gasteiger partial charge is 0.277 e. The lowest BCUT2D eigenvalue weighted by Crippen LogP contribution is -2.59. The number of hydrogen-bond acceptors (Lipinski definition) is 8. The van der Waals surface area contributed by atoms with Crippen LogP contribution in [0.2, 0.25) is 0 Å². The Morgan fingerprint density at radius 2 is 0.945 bits per heavy atom. The van der Waals surface area contributed by atoms with E-state index in [1.165, 1.54) is 69.1 Å². The molecule has 4 aliphatic heterocycles. The number of fused-ring (bicyclic) bond motifs is 10. The molecule has 0 amide bonds. The molecule has 0 aliphatic carbocycles. The van der Waals surface area contributed by atoms with Crippen LogP contribution < -0.4 is 43.8 Å². The molecule has 0 spiro atoms. The first-order valence-electron chi connectivity index (χ1n) is 19.2. The van der Waals surface area contributed by atoms with Crippen molar-refractivity contribution in [3.05, 3.63) is 102 Å². The van der Waals surface area contributed by atoms with Crippen LogP contribution in [-0.2, 0) is 10.8 Å². The van der Waals surface area contributed by atoms with Crippen molar-refractivity contribution in [1.82, 2.24) is 0 Å². The second-order valence-corrected chi connectivity index (χ2v) is 19.2. The summed E-state index contributed by atoms with van der Waals surface area (Å²) in [6.45, 7) is 16.1. The van der Waals surface area contributed by atoms with Crippen molar-refractivity contribution in [2.75, 3.05) is 36.2 Å². The highest BCUT2D eigenvalue weighted by Crippen LogP contribution is 2.52. The van der Waals surface area contributed by atoms with Gasteiger partial charge in [-0.3, -0.25) is 0 Å². The summed E-state index contributed by atoms with van der Waals surface area (Å²) in [5, 5.41) is 2.57. The summed E-state index contributed by atoms with van der Waals surface area (Å²) in [7, 11) is 0. The highest BCUT2D eigenvalue weighted by molar-refractivity contribution is 7.40. The number of anilines is 6. The zero-order chi connectivity index (χ0) is 37.4. The lowest BCUT2D eigenvalue weighted by atomic mass is 9.39. The summed E-state index contributed by atoms with van der Waals surface area (Å²) in [4.78, 5) is 4.98. The second kappa shape index (κ2) is 11.7. The molecule has 0 saturated heterocycles. The average molecular weight is 761 g/mol. The standard InChI is InChI=1S/C46H41BN2O4S2/c1-45(2,3)26-10-16-38-30(22-26)41-43(54-38)47-40-32(48(41)28-12-14-34-36(24-28)52-20-18-50-34)8-7-9-33(40)49(29-13-15-35-37(25-29)53-21-19-51-35)42-31-23-27(46(4,5)6)11-17-39(31)55-44(42)47/h7-17,22-25H,18-21H2,1-6H3. The van der Waals surface area contributed by atoms with Gasteiger partial charge in [-0.1, -0.05) is 59.7 Å². The fourth-order valence-corrected chi connectivity index (χ4v) is 11.4. The van der Waals surface area contributed by atoms with E-state index >= 15 is 0 Å². The Labute approximate surface area is 329 Å². The van der Waals surface area contributed by atoms with Gasteiger partial charge in [-0.25, -0.2) is 0 Å². The van der Waals surface area contributed by atoms with E-state index in [1.54, 1.807) is 0 Å². The Morgan fingerprint density at radius 1 is 0.509 bits per heavy atom. The lowest BCUT2D eigenvalue weighted by Gasteiger charge is -2.42. The molecule has 11 rings (SSSR count). The molecule has 0 saturated carbocycles. The molecular formula is C46H41BN2O4S2. The van der Waals surface area contributed by atoms with Gasteiger partial charge in [0.15, 0.2) is 23.0 Å². The van der Waals surface area contributed by atoms with Gasteiger partial charge < -0.3 is 28.7 Å². The SMILES string of the molecule is CC(C)(C)c1ccc2sc3c(c2c1)N(c1ccc2c(c1)OCCO2)c1cccc2c1B3c1sc3ccc(C(C)(C)C)cc3c1N2c1ccc2c(c1)OCCO2. The van der Waals surface area contributed by atoms with Crippen LogP contribution in [0.5, 0.6) is 23.0 Å². The van der Waals surface area contributed by atoms with E-state index in [4.69, 9.17) is 18.9 Å². The molecule has 55 heavy (non-hydrogen) atoms. The molecule has 9 heteroatoms. The summed E-state index contributed by atoms with van der Waals surface area (Å²) in [6, 6.07) is 33.9. The fraction of sp³-hybridized carbons (Fsp3) is 0.261. The molecule has 6 nitrogen and oxygen atoms in total. The van der Waals surface area contributed by atoms with Gasteiger partial charge in [0.05, 0.1) is 22.7 Å². The normalized spacial score (nSPS) is 15.6. The maximum atomic E-state index is 6.20. The molecule has 7 aromatic rings. The van der Waals surface area contributed by atoms with E-state index in [0.717, 1.165) is 34.4 Å². The quantitative estimate of drug-likeness (QED) is 0.164. The van der Waals surface area contributed by atoms with Crippen molar-refractivity contribution in [3.8, 4) is 23.0 Å². The highest BCUT2D eigenvalue weighted by Gasteiger charge is 2.47. The van der Waals surface area contributed by atoms with Gasteiger partial charge in [0, 0.05) is 53.2 Å². The Morgan fingerprint density at radius 3 is 1.38 bits per heavy atom. The summed E-state index contributed by atoms with van der Waals surface area (Å²) in [5.74, 6) is 3.15. The molecule has 0 unspecified atom stereocenters. The van der Waals surface area contributed by atoms with Crippen LogP contribution in [-0.4, -0.2) is 33.1 Å². The van der Waals surface area contributed by atoms with Crippen molar-refractivity contribution in [1.29, 1.82) is 0 Å². The van der Waals surface area contributed by atoms with Crippen LogP contribution in [0.3, 0.4) is 0 Å². The molecular weight excluding hydrogens is 719 g/mol. The number of benzene rings is 5. The molecule has 274 valence electrons. The fourth-order valence-electron chi connectivity index (χ4n) is 8.72. The van der Waals surface area contributed by atoms with Gasteiger partial charge >= 0.3 is 0 Å². The van der Waals surface area contributed by atoms with Crippen molar-refractivity contribution in [2.45, 2.75) is 52.4 Å². The molecule has 4 aliphatic rings. The molecule has 0 N–H and O–H groups in total. The van der Waals surface area contributed by atoms with Gasteiger partial charge in [-0.05, 0) is 88.1 Å². The van der Waals surface area contributed by atoms with Crippen LogP contribution in [0.4, 0.5) is 34.1 Å². The highest BCUT2D eigenvalue weighted by atomic mass is 32.1. The molecule has 2 aromatic heterocycles. The predicted octanol–water partition coefficient (Wildman–Crippen LogP) is 10.3. The minimum Gasteiger partial charge on any atom is -0.486 e. The first kappa shape index (κ1) is 33.2. The van der Waals surface area contributed by atoms with E-state index in [9.17, 15) is 0 Å². The second-order valence-electron chi connectivity index (χ2n) is 17.0. The average Bonchev–Trinajstić information content (AvgIpc) is 3.75. The first-order valence-corrected chi connectivity index (χ1v) is 20.8. The molecule has 0 fully saturated rings. The Balaban J connectivity index is 1.24. The van der Waals surface area contributed by atoms with Crippen molar-refractivity contribution in [2.24, 2.45) is 0 Å². The topological polar surface area (TPSA) is 43.4 Å². The maximum Gasteiger partial charge on any atom is 0.277 e. The number of ether oxygens (including phenoxy) is 4. The van der Waals surface area contributed by atoms with E-state index < -0.39 is 0 Å². The van der Waals surface area contributed by atoms with Gasteiger partial charge in [-0.15, -0.1) is 22.7 Å². The molecule has 5 aromatic carbocycles. The minimum atomic E-state index is 0.00294. The monoisotopic (exact) mass is 760 g/mol. The van der Waals surface area contributed by atoms with E-state index in [0.29, 0.717) is 26.4 Å². The van der Waals surface area contributed by atoms with Gasteiger partial charge in [-0.2, -0.15) is 0 Å².